The van der Waals surface area contributed by atoms with E-state index in [4.69, 9.17) is 23.2 Å². The van der Waals surface area contributed by atoms with Gasteiger partial charge in [-0.25, -0.2) is 9.40 Å². The van der Waals surface area contributed by atoms with E-state index in [1.165, 1.54) is 24.3 Å². The smallest absolute Gasteiger partial charge is 0.275 e. The Labute approximate surface area is 206 Å². The minimum atomic E-state index is -1.26. The molecule has 0 N–H and O–H groups in total. The van der Waals surface area contributed by atoms with E-state index in [9.17, 15) is 23.6 Å². The molecule has 1 aliphatic carbocycles. The highest BCUT2D eigenvalue weighted by Gasteiger charge is 2.53. The molecule has 1 aliphatic heterocycles. The molecule has 0 radical (unpaired) electrons. The van der Waals surface area contributed by atoms with Crippen LogP contribution in [0.25, 0.3) is 0 Å². The van der Waals surface area contributed by atoms with Gasteiger partial charge in [0.15, 0.2) is 5.78 Å². The van der Waals surface area contributed by atoms with Gasteiger partial charge in [0, 0.05) is 11.4 Å². The summed E-state index contributed by atoms with van der Waals surface area (Å²) in [6.07, 6.45) is 2.69. The summed E-state index contributed by atoms with van der Waals surface area (Å²) in [6.45, 7) is 0. The van der Waals surface area contributed by atoms with Crippen molar-refractivity contribution in [3.05, 3.63) is 70.5 Å². The second-order valence-corrected chi connectivity index (χ2v) is 9.27. The first kappa shape index (κ1) is 24.4. The number of halogens is 3. The van der Waals surface area contributed by atoms with E-state index in [0.29, 0.717) is 12.8 Å². The summed E-state index contributed by atoms with van der Waals surface area (Å²) in [7, 11) is 0. The summed E-state index contributed by atoms with van der Waals surface area (Å²) in [6, 6.07) is 9.81. The number of carbonyl (C=O) groups excluding carboxylic acids is 4. The average Bonchev–Trinajstić information content (AvgIpc) is 3.09. The van der Waals surface area contributed by atoms with Crippen LogP contribution in [0.1, 0.15) is 52.8 Å². The molecule has 2 aliphatic rings. The average molecular weight is 505 g/mol. The molecule has 0 unspecified atom stereocenters. The lowest BCUT2D eigenvalue weighted by Crippen LogP contribution is -2.57. The van der Waals surface area contributed by atoms with Crippen molar-refractivity contribution in [3.8, 4) is 0 Å². The highest BCUT2D eigenvalue weighted by Crippen LogP contribution is 2.40. The monoisotopic (exact) mass is 504 g/mol. The van der Waals surface area contributed by atoms with E-state index in [1.807, 2.05) is 0 Å². The fraction of sp³-hybridized carbons (Fsp3) is 0.360. The van der Waals surface area contributed by atoms with Crippen molar-refractivity contribution in [2.75, 3.05) is 5.88 Å². The number of hydrogen-bond acceptors (Lipinski definition) is 4. The van der Waals surface area contributed by atoms with E-state index in [-0.39, 0.29) is 28.5 Å². The zero-order valence-corrected chi connectivity index (χ0v) is 19.8. The molecule has 9 heteroatoms. The van der Waals surface area contributed by atoms with Crippen molar-refractivity contribution in [2.45, 2.75) is 38.1 Å². The lowest BCUT2D eigenvalue weighted by molar-refractivity contribution is -0.156. The van der Waals surface area contributed by atoms with Gasteiger partial charge in [0.05, 0.1) is 22.4 Å². The molecule has 34 heavy (non-hydrogen) atoms. The summed E-state index contributed by atoms with van der Waals surface area (Å²) in [5.41, 5.74) is 0.177. The molecule has 3 atom stereocenters. The first-order valence-electron chi connectivity index (χ1n) is 11.2. The Morgan fingerprint density at radius 3 is 2.15 bits per heavy atom. The van der Waals surface area contributed by atoms with E-state index < -0.39 is 47.2 Å². The van der Waals surface area contributed by atoms with Gasteiger partial charge < -0.3 is 0 Å². The van der Waals surface area contributed by atoms with Crippen molar-refractivity contribution in [2.24, 2.45) is 11.8 Å². The zero-order valence-electron chi connectivity index (χ0n) is 18.3. The molecule has 1 saturated carbocycles. The molecular formula is C25H23Cl2FN2O4. The first-order chi connectivity index (χ1) is 16.3. The summed E-state index contributed by atoms with van der Waals surface area (Å²) in [5, 5.41) is 1.89. The topological polar surface area (TPSA) is 74.8 Å². The number of carbonyl (C=O) groups is 4. The number of benzene rings is 2. The van der Waals surface area contributed by atoms with Gasteiger partial charge in [0.2, 0.25) is 0 Å². The predicted octanol–water partition coefficient (Wildman–Crippen LogP) is 4.89. The largest absolute Gasteiger partial charge is 0.292 e. The van der Waals surface area contributed by atoms with Gasteiger partial charge in [-0.05, 0) is 55.7 Å². The Bertz CT molecular complexity index is 1100. The third-order valence-corrected chi connectivity index (χ3v) is 7.00. The van der Waals surface area contributed by atoms with Crippen LogP contribution in [0.2, 0.25) is 5.02 Å². The molecule has 6 nitrogen and oxygen atoms in total. The molecular weight excluding hydrogens is 482 g/mol. The second-order valence-electron chi connectivity index (χ2n) is 8.48. The molecule has 2 aromatic carbocycles. The van der Waals surface area contributed by atoms with Crippen LogP contribution in [0.5, 0.6) is 0 Å². The van der Waals surface area contributed by atoms with Gasteiger partial charge in [0.25, 0.3) is 17.7 Å². The number of hydrazine groups is 1. The van der Waals surface area contributed by atoms with Gasteiger partial charge in [-0.3, -0.25) is 19.2 Å². The highest BCUT2D eigenvalue weighted by molar-refractivity contribution is 6.34. The molecule has 1 saturated heterocycles. The Hall–Kier alpha value is -2.77. The summed E-state index contributed by atoms with van der Waals surface area (Å²) in [5.74, 6) is -3.91. The van der Waals surface area contributed by atoms with Crippen LogP contribution in [-0.2, 0) is 9.59 Å². The molecule has 1 heterocycles. The number of imide groups is 1. The number of nitrogens with zero attached hydrogens (tertiary/aromatic N) is 2. The van der Waals surface area contributed by atoms with Crippen molar-refractivity contribution < 1.29 is 23.6 Å². The molecule has 3 amide bonds. The van der Waals surface area contributed by atoms with Crippen molar-refractivity contribution in [3.63, 3.8) is 0 Å². The maximum Gasteiger partial charge on any atom is 0.275 e. The maximum atomic E-state index is 13.8. The van der Waals surface area contributed by atoms with Crippen molar-refractivity contribution in [1.29, 1.82) is 0 Å². The van der Waals surface area contributed by atoms with Crippen molar-refractivity contribution in [1.82, 2.24) is 10.0 Å². The van der Waals surface area contributed by atoms with Crippen LogP contribution in [-0.4, -0.2) is 45.4 Å². The van der Waals surface area contributed by atoms with E-state index in [2.05, 4.69) is 0 Å². The molecule has 178 valence electrons. The van der Waals surface area contributed by atoms with Crippen molar-refractivity contribution >= 4 is 46.7 Å². The third kappa shape index (κ3) is 4.46. The Kier molecular flexibility index (Phi) is 7.33. The Morgan fingerprint density at radius 1 is 1.00 bits per heavy atom. The first-order valence-corrected chi connectivity index (χ1v) is 12.1. The Morgan fingerprint density at radius 2 is 1.59 bits per heavy atom. The van der Waals surface area contributed by atoms with Gasteiger partial charge in [0.1, 0.15) is 11.9 Å². The normalized spacial score (nSPS) is 20.7. The van der Waals surface area contributed by atoms with Crippen LogP contribution in [0.15, 0.2) is 48.5 Å². The minimum absolute atomic E-state index is 0.0209. The molecule has 0 spiro atoms. The zero-order chi connectivity index (χ0) is 24.4. The summed E-state index contributed by atoms with van der Waals surface area (Å²) < 4.78 is 13.5. The van der Waals surface area contributed by atoms with Crippen LogP contribution in [0.3, 0.4) is 0 Å². The fourth-order valence-corrected chi connectivity index (χ4v) is 5.18. The SMILES string of the molecule is O=C(c1ccc(F)cc1)[C@H](CCCl)N(C(=O)c1ccccc1Cl)N1C(=O)[C@@H]2CCCC[C@H]2C1=O. The van der Waals surface area contributed by atoms with Gasteiger partial charge in [-0.15, -0.1) is 11.6 Å². The number of ketones is 1. The van der Waals surface area contributed by atoms with E-state index >= 15 is 0 Å². The van der Waals surface area contributed by atoms with Gasteiger partial charge >= 0.3 is 0 Å². The van der Waals surface area contributed by atoms with Crippen LogP contribution < -0.4 is 0 Å². The quantitative estimate of drug-likeness (QED) is 0.305. The lowest BCUT2D eigenvalue weighted by atomic mass is 9.81. The van der Waals surface area contributed by atoms with Gasteiger partial charge in [-0.1, -0.05) is 36.6 Å². The molecule has 0 aromatic heterocycles. The number of amides is 3. The summed E-state index contributed by atoms with van der Waals surface area (Å²) in [4.78, 5) is 54.1. The highest BCUT2D eigenvalue weighted by atomic mass is 35.5. The predicted molar refractivity (Wildman–Crippen MR) is 125 cm³/mol. The van der Waals surface area contributed by atoms with Crippen LogP contribution >= 0.6 is 23.2 Å². The van der Waals surface area contributed by atoms with Crippen LogP contribution in [0, 0.1) is 17.7 Å². The number of Topliss-reactive ketones (excluding diaryl/α,β-unsaturated/α-hetero) is 1. The second kappa shape index (κ2) is 10.2. The summed E-state index contributed by atoms with van der Waals surface area (Å²) >= 11 is 12.3. The molecule has 0 bridgehead atoms. The fourth-order valence-electron chi connectivity index (χ4n) is 4.76. The Balaban J connectivity index is 1.82. The third-order valence-electron chi connectivity index (χ3n) is 6.45. The van der Waals surface area contributed by atoms with Crippen LogP contribution in [0.4, 0.5) is 4.39 Å². The number of fused-ring (bicyclic) bond motifs is 1. The van der Waals surface area contributed by atoms with Gasteiger partial charge in [-0.2, -0.15) is 5.01 Å². The maximum absolute atomic E-state index is 13.8. The standard InChI is InChI=1S/C25H23Cl2FN2O4/c26-14-13-21(22(31)15-9-11-16(28)12-10-15)29(25(34)19-7-3-4-8-20(19)27)30-23(32)17-5-1-2-6-18(17)24(30)33/h3-4,7-12,17-18,21H,1-2,5-6,13-14H2/t17-,18-,21+/m1/s1. The van der Waals surface area contributed by atoms with E-state index in [0.717, 1.165) is 35.0 Å². The minimum Gasteiger partial charge on any atom is -0.292 e. The number of rotatable bonds is 7. The number of alkyl halides is 1. The lowest BCUT2D eigenvalue weighted by Gasteiger charge is -2.36. The molecule has 4 rings (SSSR count). The molecule has 2 aromatic rings. The van der Waals surface area contributed by atoms with E-state index in [1.54, 1.807) is 12.1 Å². The number of hydrogen-bond donors (Lipinski definition) is 0. The molecule has 2 fully saturated rings.